The number of aromatic nitrogens is 1. The number of rotatable bonds is 4. The maximum Gasteiger partial charge on any atom is 0.120 e. The standard InChI is InChI=1S/C14H16ClNO/c1-11(2)17-13-4-5-14-12(10-13)6-9-16(14)8-3-7-15/h3-7,9-11H,8H2,1-2H3/b7-3+. The molecule has 0 aliphatic heterocycles. The van der Waals surface area contributed by atoms with E-state index in [1.165, 1.54) is 10.9 Å². The Hall–Kier alpha value is -1.41. The molecule has 0 fully saturated rings. The van der Waals surface area contributed by atoms with Gasteiger partial charge in [-0.05, 0) is 38.1 Å². The van der Waals surface area contributed by atoms with Gasteiger partial charge in [-0.1, -0.05) is 17.7 Å². The summed E-state index contributed by atoms with van der Waals surface area (Å²) in [6, 6.07) is 8.24. The first-order chi connectivity index (χ1) is 8.20. The Morgan fingerprint density at radius 3 is 2.88 bits per heavy atom. The summed E-state index contributed by atoms with van der Waals surface area (Å²) >= 11 is 5.54. The van der Waals surface area contributed by atoms with E-state index in [1.807, 2.05) is 26.0 Å². The summed E-state index contributed by atoms with van der Waals surface area (Å²) in [6.07, 6.45) is 4.17. The molecule has 0 saturated carbocycles. The average Bonchev–Trinajstić information content (AvgIpc) is 2.68. The molecule has 0 spiro atoms. The molecule has 0 saturated heterocycles. The van der Waals surface area contributed by atoms with Crippen molar-refractivity contribution in [2.75, 3.05) is 0 Å². The quantitative estimate of drug-likeness (QED) is 0.793. The van der Waals surface area contributed by atoms with Crippen LogP contribution < -0.4 is 4.74 Å². The monoisotopic (exact) mass is 249 g/mol. The lowest BCUT2D eigenvalue weighted by Crippen LogP contribution is -2.05. The number of hydrogen-bond acceptors (Lipinski definition) is 1. The predicted molar refractivity (Wildman–Crippen MR) is 72.7 cm³/mol. The molecule has 3 heteroatoms. The van der Waals surface area contributed by atoms with E-state index in [1.54, 1.807) is 5.54 Å². The van der Waals surface area contributed by atoms with Crippen LogP contribution in [0.25, 0.3) is 10.9 Å². The summed E-state index contributed by atoms with van der Waals surface area (Å²) in [5.41, 5.74) is 2.73. The van der Waals surface area contributed by atoms with E-state index in [9.17, 15) is 0 Å². The van der Waals surface area contributed by atoms with Crippen LogP contribution in [0.1, 0.15) is 13.8 Å². The van der Waals surface area contributed by atoms with Gasteiger partial charge >= 0.3 is 0 Å². The van der Waals surface area contributed by atoms with E-state index in [4.69, 9.17) is 16.3 Å². The van der Waals surface area contributed by atoms with Crippen molar-refractivity contribution in [3.63, 3.8) is 0 Å². The molecule has 2 nitrogen and oxygen atoms in total. The van der Waals surface area contributed by atoms with Crippen molar-refractivity contribution in [3.05, 3.63) is 42.1 Å². The topological polar surface area (TPSA) is 14.2 Å². The zero-order valence-corrected chi connectivity index (χ0v) is 10.8. The first-order valence-corrected chi connectivity index (χ1v) is 6.15. The van der Waals surface area contributed by atoms with Crippen LogP contribution >= 0.6 is 11.6 Å². The molecule has 2 rings (SSSR count). The highest BCUT2D eigenvalue weighted by Gasteiger charge is 2.03. The van der Waals surface area contributed by atoms with Crippen molar-refractivity contribution in [2.45, 2.75) is 26.5 Å². The highest BCUT2D eigenvalue weighted by molar-refractivity contribution is 6.25. The number of hydrogen-bond donors (Lipinski definition) is 0. The summed E-state index contributed by atoms with van der Waals surface area (Å²) < 4.78 is 7.81. The van der Waals surface area contributed by atoms with Crippen LogP contribution in [0.4, 0.5) is 0 Å². The van der Waals surface area contributed by atoms with Gasteiger partial charge < -0.3 is 9.30 Å². The summed E-state index contributed by atoms with van der Waals surface area (Å²) in [5.74, 6) is 0.915. The zero-order chi connectivity index (χ0) is 12.3. The van der Waals surface area contributed by atoms with Crippen molar-refractivity contribution in [2.24, 2.45) is 0 Å². The first-order valence-electron chi connectivity index (χ1n) is 5.71. The molecule has 90 valence electrons. The molecule has 0 amide bonds. The summed E-state index contributed by atoms with van der Waals surface area (Å²) in [7, 11) is 0. The molecule has 1 aromatic heterocycles. The molecule has 0 unspecified atom stereocenters. The lowest BCUT2D eigenvalue weighted by molar-refractivity contribution is 0.243. The Morgan fingerprint density at radius 1 is 1.35 bits per heavy atom. The van der Waals surface area contributed by atoms with Crippen molar-refractivity contribution in [1.29, 1.82) is 0 Å². The Morgan fingerprint density at radius 2 is 2.18 bits per heavy atom. The highest BCUT2D eigenvalue weighted by Crippen LogP contribution is 2.22. The molecule has 1 heterocycles. The van der Waals surface area contributed by atoms with E-state index < -0.39 is 0 Å². The zero-order valence-electron chi connectivity index (χ0n) is 10.1. The molecule has 0 aliphatic carbocycles. The van der Waals surface area contributed by atoms with Crippen LogP contribution in [-0.2, 0) is 6.54 Å². The van der Waals surface area contributed by atoms with E-state index in [0.717, 1.165) is 12.3 Å². The van der Waals surface area contributed by atoms with Crippen LogP contribution in [0.15, 0.2) is 42.1 Å². The molecule has 0 aliphatic rings. The van der Waals surface area contributed by atoms with Crippen LogP contribution in [0.3, 0.4) is 0 Å². The van der Waals surface area contributed by atoms with E-state index in [-0.39, 0.29) is 6.10 Å². The Balaban J connectivity index is 2.31. The average molecular weight is 250 g/mol. The van der Waals surface area contributed by atoms with Gasteiger partial charge in [-0.25, -0.2) is 0 Å². The van der Waals surface area contributed by atoms with Crippen molar-refractivity contribution in [1.82, 2.24) is 4.57 Å². The van der Waals surface area contributed by atoms with Gasteiger partial charge in [0, 0.05) is 29.2 Å². The van der Waals surface area contributed by atoms with E-state index in [0.29, 0.717) is 0 Å². The first kappa shape index (κ1) is 12.1. The lowest BCUT2D eigenvalue weighted by Gasteiger charge is -2.09. The second-order valence-corrected chi connectivity index (χ2v) is 4.47. The fourth-order valence-corrected chi connectivity index (χ4v) is 1.92. The minimum atomic E-state index is 0.203. The number of ether oxygens (including phenoxy) is 1. The highest BCUT2D eigenvalue weighted by atomic mass is 35.5. The third kappa shape index (κ3) is 2.83. The fourth-order valence-electron chi connectivity index (χ4n) is 1.84. The second-order valence-electron chi connectivity index (χ2n) is 4.22. The minimum Gasteiger partial charge on any atom is -0.491 e. The minimum absolute atomic E-state index is 0.203. The number of allylic oxidation sites excluding steroid dienone is 1. The third-order valence-corrected chi connectivity index (χ3v) is 2.68. The summed E-state index contributed by atoms with van der Waals surface area (Å²) in [4.78, 5) is 0. The maximum absolute atomic E-state index is 5.67. The maximum atomic E-state index is 5.67. The second kappa shape index (κ2) is 5.28. The Bertz CT molecular complexity index is 528. The number of fused-ring (bicyclic) bond motifs is 1. The predicted octanol–water partition coefficient (Wildman–Crippen LogP) is 4.18. The van der Waals surface area contributed by atoms with Gasteiger partial charge in [0.1, 0.15) is 5.75 Å². The SMILES string of the molecule is CC(C)Oc1ccc2c(ccn2C/C=C/Cl)c1. The van der Waals surface area contributed by atoms with Crippen LogP contribution in [-0.4, -0.2) is 10.7 Å². The molecule has 0 radical (unpaired) electrons. The largest absolute Gasteiger partial charge is 0.491 e. The van der Waals surface area contributed by atoms with Gasteiger partial charge in [0.15, 0.2) is 0 Å². The van der Waals surface area contributed by atoms with E-state index in [2.05, 4.69) is 29.0 Å². The van der Waals surface area contributed by atoms with Gasteiger partial charge in [-0.3, -0.25) is 0 Å². The van der Waals surface area contributed by atoms with Crippen molar-refractivity contribution < 1.29 is 4.74 Å². The molecular weight excluding hydrogens is 234 g/mol. The fraction of sp³-hybridized carbons (Fsp3) is 0.286. The smallest absolute Gasteiger partial charge is 0.120 e. The third-order valence-electron chi connectivity index (χ3n) is 2.51. The van der Waals surface area contributed by atoms with Gasteiger partial charge in [-0.15, -0.1) is 0 Å². The van der Waals surface area contributed by atoms with Crippen molar-refractivity contribution >= 4 is 22.5 Å². The molecule has 2 aromatic rings. The molecule has 0 bridgehead atoms. The Kier molecular flexibility index (Phi) is 3.75. The van der Waals surface area contributed by atoms with Crippen LogP contribution in [0.2, 0.25) is 0 Å². The molecule has 17 heavy (non-hydrogen) atoms. The van der Waals surface area contributed by atoms with Crippen LogP contribution in [0.5, 0.6) is 5.75 Å². The van der Waals surface area contributed by atoms with Gasteiger partial charge in [0.2, 0.25) is 0 Å². The molecule has 0 atom stereocenters. The molecule has 1 aromatic carbocycles. The van der Waals surface area contributed by atoms with Crippen molar-refractivity contribution in [3.8, 4) is 5.75 Å². The van der Waals surface area contributed by atoms with Gasteiger partial charge in [0.25, 0.3) is 0 Å². The van der Waals surface area contributed by atoms with Gasteiger partial charge in [-0.2, -0.15) is 0 Å². The van der Waals surface area contributed by atoms with Crippen LogP contribution in [0, 0.1) is 0 Å². The molecule has 0 N–H and O–H groups in total. The van der Waals surface area contributed by atoms with Gasteiger partial charge in [0.05, 0.1) is 6.10 Å². The van der Waals surface area contributed by atoms with E-state index >= 15 is 0 Å². The summed E-state index contributed by atoms with van der Waals surface area (Å²) in [5, 5.41) is 1.19. The normalized spacial score (nSPS) is 11.8. The molecular formula is C14H16ClNO. The number of halogens is 1. The Labute approximate surface area is 106 Å². The lowest BCUT2D eigenvalue weighted by atomic mass is 10.2. The summed E-state index contributed by atoms with van der Waals surface area (Å²) in [6.45, 7) is 4.85. The number of nitrogens with zero attached hydrogens (tertiary/aromatic N) is 1. The number of benzene rings is 1.